The van der Waals surface area contributed by atoms with Gasteiger partial charge in [-0.2, -0.15) is 0 Å². The molecule has 1 saturated carbocycles. The van der Waals surface area contributed by atoms with Crippen LogP contribution in [0.15, 0.2) is 30.6 Å². The van der Waals surface area contributed by atoms with Crippen molar-refractivity contribution < 1.29 is 4.79 Å². The monoisotopic (exact) mass is 302 g/mol. The molecule has 0 aliphatic heterocycles. The van der Waals surface area contributed by atoms with Gasteiger partial charge in [-0.15, -0.1) is 0 Å². The van der Waals surface area contributed by atoms with Gasteiger partial charge in [-0.3, -0.25) is 4.79 Å². The molecule has 1 amide bonds. The normalized spacial score (nSPS) is 13.8. The minimum atomic E-state index is -0.276. The summed E-state index contributed by atoms with van der Waals surface area (Å²) in [7, 11) is 0. The fourth-order valence-corrected chi connectivity index (χ4v) is 2.08. The van der Waals surface area contributed by atoms with Crippen LogP contribution in [-0.2, 0) is 0 Å². The summed E-state index contributed by atoms with van der Waals surface area (Å²) in [6.07, 6.45) is 3.69. The Balaban J connectivity index is 1.76. The standard InChI is InChI=1S/C15H15ClN4O/c1-9-2-3-10(16)6-12(9)20-15(21)13-7-14(18-8-17-13)19-11-4-5-11/h2-3,6-8,11H,4-5H2,1H3,(H,20,21)(H,17,18,19). The third-order valence-electron chi connectivity index (χ3n) is 3.28. The highest BCUT2D eigenvalue weighted by Crippen LogP contribution is 2.24. The van der Waals surface area contributed by atoms with Crippen molar-refractivity contribution in [3.05, 3.63) is 46.9 Å². The second-order valence-electron chi connectivity index (χ2n) is 5.12. The fourth-order valence-electron chi connectivity index (χ4n) is 1.91. The molecule has 3 rings (SSSR count). The molecule has 0 saturated heterocycles. The molecule has 0 radical (unpaired) electrons. The maximum Gasteiger partial charge on any atom is 0.274 e. The third-order valence-corrected chi connectivity index (χ3v) is 3.51. The van der Waals surface area contributed by atoms with Gasteiger partial charge in [0.15, 0.2) is 0 Å². The lowest BCUT2D eigenvalue weighted by Crippen LogP contribution is -2.15. The highest BCUT2D eigenvalue weighted by atomic mass is 35.5. The quantitative estimate of drug-likeness (QED) is 0.909. The van der Waals surface area contributed by atoms with E-state index in [1.165, 1.54) is 6.33 Å². The van der Waals surface area contributed by atoms with E-state index in [4.69, 9.17) is 11.6 Å². The van der Waals surface area contributed by atoms with E-state index in [0.717, 1.165) is 18.4 Å². The predicted molar refractivity (Wildman–Crippen MR) is 82.8 cm³/mol. The molecule has 5 nitrogen and oxygen atoms in total. The summed E-state index contributed by atoms with van der Waals surface area (Å²) >= 11 is 5.95. The molecule has 1 aliphatic rings. The van der Waals surface area contributed by atoms with Gasteiger partial charge in [-0.1, -0.05) is 17.7 Å². The third kappa shape index (κ3) is 3.49. The molecule has 0 bridgehead atoms. The number of amides is 1. The Morgan fingerprint density at radius 1 is 1.29 bits per heavy atom. The van der Waals surface area contributed by atoms with Crippen LogP contribution in [0.4, 0.5) is 11.5 Å². The van der Waals surface area contributed by atoms with Crippen LogP contribution in [0.2, 0.25) is 5.02 Å². The lowest BCUT2D eigenvalue weighted by Gasteiger charge is -2.09. The summed E-state index contributed by atoms with van der Waals surface area (Å²) < 4.78 is 0. The molecule has 2 aromatic rings. The number of carbonyl (C=O) groups is 1. The summed E-state index contributed by atoms with van der Waals surface area (Å²) in [5.74, 6) is 0.405. The summed E-state index contributed by atoms with van der Waals surface area (Å²) in [5.41, 5.74) is 1.95. The average molecular weight is 303 g/mol. The smallest absolute Gasteiger partial charge is 0.274 e. The molecule has 21 heavy (non-hydrogen) atoms. The van der Waals surface area contributed by atoms with E-state index in [2.05, 4.69) is 20.6 Å². The molecule has 108 valence electrons. The summed E-state index contributed by atoms with van der Waals surface area (Å²) in [6.45, 7) is 1.91. The molecule has 0 atom stereocenters. The lowest BCUT2D eigenvalue weighted by atomic mass is 10.2. The van der Waals surface area contributed by atoms with E-state index in [9.17, 15) is 4.79 Å². The Hall–Kier alpha value is -2.14. The van der Waals surface area contributed by atoms with Crippen LogP contribution in [0, 0.1) is 6.92 Å². The number of halogens is 1. The molecule has 1 aromatic heterocycles. The maximum atomic E-state index is 12.3. The van der Waals surface area contributed by atoms with Gasteiger partial charge in [0, 0.05) is 22.8 Å². The van der Waals surface area contributed by atoms with E-state index in [1.54, 1.807) is 18.2 Å². The summed E-state index contributed by atoms with van der Waals surface area (Å²) in [6, 6.07) is 7.51. The zero-order valence-corrected chi connectivity index (χ0v) is 12.3. The zero-order valence-electron chi connectivity index (χ0n) is 11.6. The van der Waals surface area contributed by atoms with Gasteiger partial charge in [0.1, 0.15) is 17.8 Å². The van der Waals surface area contributed by atoms with Crippen molar-refractivity contribution in [2.75, 3.05) is 10.6 Å². The Bertz CT molecular complexity index is 685. The van der Waals surface area contributed by atoms with Gasteiger partial charge >= 0.3 is 0 Å². The summed E-state index contributed by atoms with van der Waals surface area (Å²) in [5, 5.41) is 6.64. The number of aryl methyl sites for hydroxylation is 1. The van der Waals surface area contributed by atoms with Gasteiger partial charge in [0.2, 0.25) is 0 Å². The number of carbonyl (C=O) groups excluding carboxylic acids is 1. The van der Waals surface area contributed by atoms with E-state index in [0.29, 0.717) is 28.3 Å². The molecule has 1 heterocycles. The number of rotatable bonds is 4. The molecular weight excluding hydrogens is 288 g/mol. The Labute approximate surface area is 127 Å². The van der Waals surface area contributed by atoms with Crippen LogP contribution in [0.1, 0.15) is 28.9 Å². The van der Waals surface area contributed by atoms with Crippen LogP contribution in [0.5, 0.6) is 0 Å². The molecule has 0 spiro atoms. The molecule has 0 unspecified atom stereocenters. The predicted octanol–water partition coefficient (Wildman–Crippen LogP) is 3.27. The Morgan fingerprint density at radius 3 is 2.86 bits per heavy atom. The van der Waals surface area contributed by atoms with Crippen molar-refractivity contribution in [3.8, 4) is 0 Å². The van der Waals surface area contributed by atoms with Crippen molar-refractivity contribution in [3.63, 3.8) is 0 Å². The first-order valence-electron chi connectivity index (χ1n) is 6.78. The fraction of sp³-hybridized carbons (Fsp3) is 0.267. The minimum absolute atomic E-state index is 0.276. The largest absolute Gasteiger partial charge is 0.367 e. The average Bonchev–Trinajstić information content (AvgIpc) is 3.27. The molecule has 1 aromatic carbocycles. The van der Waals surface area contributed by atoms with Gasteiger partial charge in [0.05, 0.1) is 0 Å². The number of hydrogen-bond acceptors (Lipinski definition) is 4. The van der Waals surface area contributed by atoms with Gasteiger partial charge in [-0.25, -0.2) is 9.97 Å². The second-order valence-corrected chi connectivity index (χ2v) is 5.56. The van der Waals surface area contributed by atoms with Crippen molar-refractivity contribution >= 4 is 29.0 Å². The second kappa shape index (κ2) is 5.69. The molecule has 6 heteroatoms. The highest BCUT2D eigenvalue weighted by Gasteiger charge is 2.21. The van der Waals surface area contributed by atoms with E-state index < -0.39 is 0 Å². The number of aromatic nitrogens is 2. The van der Waals surface area contributed by atoms with Crippen molar-refractivity contribution in [1.82, 2.24) is 9.97 Å². The number of nitrogens with zero attached hydrogens (tertiary/aromatic N) is 2. The lowest BCUT2D eigenvalue weighted by molar-refractivity contribution is 0.102. The molecule has 1 aliphatic carbocycles. The first-order valence-corrected chi connectivity index (χ1v) is 7.16. The van der Waals surface area contributed by atoms with E-state index >= 15 is 0 Å². The zero-order chi connectivity index (χ0) is 14.8. The Morgan fingerprint density at radius 2 is 2.10 bits per heavy atom. The first kappa shape index (κ1) is 13.8. The number of hydrogen-bond donors (Lipinski definition) is 2. The topological polar surface area (TPSA) is 66.9 Å². The van der Waals surface area contributed by atoms with Crippen LogP contribution >= 0.6 is 11.6 Å². The van der Waals surface area contributed by atoms with Gasteiger partial charge in [0.25, 0.3) is 5.91 Å². The molecule has 2 N–H and O–H groups in total. The van der Waals surface area contributed by atoms with Crippen molar-refractivity contribution in [2.45, 2.75) is 25.8 Å². The van der Waals surface area contributed by atoms with E-state index in [1.807, 2.05) is 13.0 Å². The van der Waals surface area contributed by atoms with Crippen LogP contribution in [-0.4, -0.2) is 21.9 Å². The maximum absolute atomic E-state index is 12.3. The first-order chi connectivity index (χ1) is 10.1. The molecular formula is C15H15ClN4O. The van der Waals surface area contributed by atoms with Crippen LogP contribution in [0.3, 0.4) is 0 Å². The number of nitrogens with one attached hydrogen (secondary N) is 2. The van der Waals surface area contributed by atoms with Gasteiger partial charge < -0.3 is 10.6 Å². The van der Waals surface area contributed by atoms with Crippen LogP contribution < -0.4 is 10.6 Å². The summed E-state index contributed by atoms with van der Waals surface area (Å²) in [4.78, 5) is 20.4. The number of benzene rings is 1. The SMILES string of the molecule is Cc1ccc(Cl)cc1NC(=O)c1cc(NC2CC2)ncn1. The highest BCUT2D eigenvalue weighted by molar-refractivity contribution is 6.31. The van der Waals surface area contributed by atoms with E-state index in [-0.39, 0.29) is 5.91 Å². The van der Waals surface area contributed by atoms with Crippen molar-refractivity contribution in [1.29, 1.82) is 0 Å². The van der Waals surface area contributed by atoms with Crippen LogP contribution in [0.25, 0.3) is 0 Å². The molecule has 1 fully saturated rings. The number of anilines is 2. The van der Waals surface area contributed by atoms with Gasteiger partial charge in [-0.05, 0) is 37.5 Å². The Kier molecular flexibility index (Phi) is 3.75. The van der Waals surface area contributed by atoms with Crippen molar-refractivity contribution in [2.24, 2.45) is 0 Å². The minimum Gasteiger partial charge on any atom is -0.367 e.